The Morgan fingerprint density at radius 2 is 1.77 bits per heavy atom. The number of rotatable bonds is 6. The van der Waals surface area contributed by atoms with Crippen LogP contribution >= 0.6 is 43.5 Å². The molecule has 1 heterocycles. The average Bonchev–Trinajstić information content (AvgIpc) is 2.66. The van der Waals surface area contributed by atoms with E-state index in [2.05, 4.69) is 36.8 Å². The lowest BCUT2D eigenvalue weighted by Gasteiger charge is -2.12. The van der Waals surface area contributed by atoms with Crippen molar-refractivity contribution in [3.63, 3.8) is 0 Å². The van der Waals surface area contributed by atoms with E-state index in [1.54, 1.807) is 18.2 Å². The Morgan fingerprint density at radius 1 is 1.10 bits per heavy atom. The highest BCUT2D eigenvalue weighted by Gasteiger charge is 2.19. The Balaban J connectivity index is 1.88. The number of benzene rings is 2. The van der Waals surface area contributed by atoms with Gasteiger partial charge in [-0.15, -0.1) is 0 Å². The average molecular weight is 558 g/mol. The van der Waals surface area contributed by atoms with Gasteiger partial charge in [-0.3, -0.25) is 19.9 Å². The topological polar surface area (TPSA) is 118 Å². The van der Waals surface area contributed by atoms with Crippen molar-refractivity contribution in [3.8, 4) is 5.75 Å². The molecule has 0 aliphatic rings. The van der Waals surface area contributed by atoms with E-state index in [0.717, 1.165) is 5.56 Å². The number of hydrogen-bond donors (Lipinski definition) is 2. The van der Waals surface area contributed by atoms with Gasteiger partial charge in [0.2, 0.25) is 0 Å². The molecule has 0 bridgehead atoms. The third-order valence-electron chi connectivity index (χ3n) is 3.92. The van der Waals surface area contributed by atoms with E-state index in [0.29, 0.717) is 25.3 Å². The fourth-order valence-corrected chi connectivity index (χ4v) is 4.20. The second kappa shape index (κ2) is 9.41. The van der Waals surface area contributed by atoms with Crippen molar-refractivity contribution in [2.24, 2.45) is 0 Å². The molecule has 3 aromatic rings. The van der Waals surface area contributed by atoms with E-state index in [-0.39, 0.29) is 12.3 Å². The highest BCUT2D eigenvalue weighted by Crippen LogP contribution is 2.36. The largest absolute Gasteiger partial charge is 0.486 e. The molecule has 0 fully saturated rings. The predicted molar refractivity (Wildman–Crippen MR) is 121 cm³/mol. The molecule has 3 rings (SSSR count). The maximum atomic E-state index is 11.7. The molecule has 0 aliphatic heterocycles. The third kappa shape index (κ3) is 5.07. The smallest absolute Gasteiger partial charge is 0.357 e. The van der Waals surface area contributed by atoms with Crippen molar-refractivity contribution in [2.45, 2.75) is 6.61 Å². The number of nitro groups is 1. The molecule has 0 amide bonds. The van der Waals surface area contributed by atoms with Crippen LogP contribution in [0.2, 0.25) is 5.02 Å². The monoisotopic (exact) mass is 555 g/mol. The number of halogens is 3. The standard InChI is InChI=1S/C19H12Br2ClN3O5/c20-12-7-10(5-6-15-16(25(28)29)18(26)24-19(27)23-15)8-13(21)17(12)30-9-11-3-1-2-4-14(11)22/h1-8H,9H2,(H2,23,24,26,27)/b6-5-. The number of H-pyrrole nitrogens is 2. The summed E-state index contributed by atoms with van der Waals surface area (Å²) in [5.41, 5.74) is -1.41. The first kappa shape index (κ1) is 22.0. The Morgan fingerprint density at radius 3 is 2.40 bits per heavy atom. The lowest BCUT2D eigenvalue weighted by Crippen LogP contribution is -2.25. The summed E-state index contributed by atoms with van der Waals surface area (Å²) < 4.78 is 7.10. The van der Waals surface area contributed by atoms with E-state index >= 15 is 0 Å². The van der Waals surface area contributed by atoms with Crippen molar-refractivity contribution in [2.75, 3.05) is 0 Å². The summed E-state index contributed by atoms with van der Waals surface area (Å²) in [7, 11) is 0. The van der Waals surface area contributed by atoms with Crippen molar-refractivity contribution in [3.05, 3.63) is 98.1 Å². The van der Waals surface area contributed by atoms with E-state index in [9.17, 15) is 19.7 Å². The molecule has 0 saturated carbocycles. The predicted octanol–water partition coefficient (Wildman–Crippen LogP) is 4.90. The maximum Gasteiger partial charge on any atom is 0.357 e. The molecule has 0 saturated heterocycles. The van der Waals surface area contributed by atoms with Gasteiger partial charge in [-0.1, -0.05) is 35.9 Å². The van der Waals surface area contributed by atoms with Crippen LogP contribution in [0.3, 0.4) is 0 Å². The summed E-state index contributed by atoms with van der Waals surface area (Å²) >= 11 is 13.0. The van der Waals surface area contributed by atoms with Crippen LogP contribution < -0.4 is 16.0 Å². The van der Waals surface area contributed by atoms with E-state index < -0.39 is 21.9 Å². The van der Waals surface area contributed by atoms with Crippen molar-refractivity contribution >= 4 is 61.3 Å². The lowest BCUT2D eigenvalue weighted by atomic mass is 10.2. The second-order valence-corrected chi connectivity index (χ2v) is 8.07. The van der Waals surface area contributed by atoms with Gasteiger partial charge in [0, 0.05) is 10.6 Å². The molecule has 154 valence electrons. The van der Waals surface area contributed by atoms with Gasteiger partial charge in [0.15, 0.2) is 0 Å². The maximum absolute atomic E-state index is 11.7. The van der Waals surface area contributed by atoms with E-state index in [1.807, 2.05) is 23.2 Å². The summed E-state index contributed by atoms with van der Waals surface area (Å²) in [6, 6.07) is 10.8. The van der Waals surface area contributed by atoms with E-state index in [4.69, 9.17) is 16.3 Å². The second-order valence-electron chi connectivity index (χ2n) is 5.95. The summed E-state index contributed by atoms with van der Waals surface area (Å²) in [6.45, 7) is 0.256. The first-order valence-corrected chi connectivity index (χ1v) is 10.3. The highest BCUT2D eigenvalue weighted by molar-refractivity contribution is 9.11. The summed E-state index contributed by atoms with van der Waals surface area (Å²) in [5, 5.41) is 11.7. The Bertz CT molecular complexity index is 1250. The van der Waals surface area contributed by atoms with Crippen molar-refractivity contribution < 1.29 is 9.66 Å². The molecule has 0 unspecified atom stereocenters. The zero-order valence-electron chi connectivity index (χ0n) is 14.9. The lowest BCUT2D eigenvalue weighted by molar-refractivity contribution is -0.386. The summed E-state index contributed by atoms with van der Waals surface area (Å²) in [4.78, 5) is 37.5. The number of nitrogens with one attached hydrogen (secondary N) is 2. The third-order valence-corrected chi connectivity index (χ3v) is 5.47. The minimum atomic E-state index is -1.07. The van der Waals surface area contributed by atoms with Gasteiger partial charge in [0.25, 0.3) is 0 Å². The van der Waals surface area contributed by atoms with Crippen LogP contribution in [-0.4, -0.2) is 14.9 Å². The SMILES string of the molecule is O=c1[nH]c(/C=C\c2cc(Br)c(OCc3ccccc3Cl)c(Br)c2)c([N+](=O)[O-])c(=O)[nH]1. The van der Waals surface area contributed by atoms with Crippen LogP contribution in [0.15, 0.2) is 54.9 Å². The number of aromatic amines is 2. The molecule has 0 radical (unpaired) electrons. The van der Waals surface area contributed by atoms with Crippen LogP contribution in [-0.2, 0) is 6.61 Å². The van der Waals surface area contributed by atoms with Gasteiger partial charge in [-0.2, -0.15) is 0 Å². The summed E-state index contributed by atoms with van der Waals surface area (Å²) in [6.07, 6.45) is 2.80. The molecule has 2 N–H and O–H groups in total. The van der Waals surface area contributed by atoms with Gasteiger partial charge in [0.1, 0.15) is 18.1 Å². The van der Waals surface area contributed by atoms with E-state index in [1.165, 1.54) is 12.2 Å². The van der Waals surface area contributed by atoms with Crippen LogP contribution in [0.1, 0.15) is 16.8 Å². The molecule has 0 atom stereocenters. The van der Waals surface area contributed by atoms with Crippen LogP contribution in [0.5, 0.6) is 5.75 Å². The van der Waals surface area contributed by atoms with Gasteiger partial charge in [-0.05, 0) is 61.7 Å². The van der Waals surface area contributed by atoms with Gasteiger partial charge >= 0.3 is 16.9 Å². The zero-order chi connectivity index (χ0) is 21.8. The fourth-order valence-electron chi connectivity index (χ4n) is 2.56. The first-order valence-electron chi connectivity index (χ1n) is 8.30. The Labute approximate surface area is 191 Å². The number of nitrogens with zero attached hydrogens (tertiary/aromatic N) is 1. The molecule has 8 nitrogen and oxygen atoms in total. The molecule has 0 aliphatic carbocycles. The number of aromatic nitrogens is 2. The molecule has 11 heteroatoms. The minimum Gasteiger partial charge on any atom is -0.486 e. The minimum absolute atomic E-state index is 0.208. The van der Waals surface area contributed by atoms with Crippen molar-refractivity contribution in [1.82, 2.24) is 9.97 Å². The molecule has 1 aromatic heterocycles. The fraction of sp³-hybridized carbons (Fsp3) is 0.0526. The molecule has 2 aromatic carbocycles. The number of hydrogen-bond acceptors (Lipinski definition) is 5. The summed E-state index contributed by atoms with van der Waals surface area (Å²) in [5.74, 6) is 0.544. The highest BCUT2D eigenvalue weighted by atomic mass is 79.9. The normalized spacial score (nSPS) is 11.0. The molecular formula is C19H12Br2ClN3O5. The molecular weight excluding hydrogens is 545 g/mol. The van der Waals surface area contributed by atoms with Crippen molar-refractivity contribution in [1.29, 1.82) is 0 Å². The molecule has 0 spiro atoms. The quantitative estimate of drug-likeness (QED) is 0.330. The first-order chi connectivity index (χ1) is 14.3. The van der Waals surface area contributed by atoms with Gasteiger partial charge in [0.05, 0.1) is 13.9 Å². The zero-order valence-corrected chi connectivity index (χ0v) is 18.9. The molecule has 30 heavy (non-hydrogen) atoms. The van der Waals surface area contributed by atoms with Crippen LogP contribution in [0.25, 0.3) is 12.2 Å². The van der Waals surface area contributed by atoms with Crippen LogP contribution in [0, 0.1) is 10.1 Å². The van der Waals surface area contributed by atoms with Gasteiger partial charge in [-0.25, -0.2) is 4.79 Å². The van der Waals surface area contributed by atoms with Crippen LogP contribution in [0.4, 0.5) is 5.69 Å². The Hall–Kier alpha value is -2.69. The Kier molecular flexibility index (Phi) is 6.91. The number of ether oxygens (including phenoxy) is 1. The van der Waals surface area contributed by atoms with Gasteiger partial charge < -0.3 is 9.72 Å².